The first-order chi connectivity index (χ1) is 27.1. The molecular weight excluding hydrogens is 777 g/mol. The van der Waals surface area contributed by atoms with Crippen LogP contribution in [0.3, 0.4) is 0 Å². The number of aryl methyl sites for hydroxylation is 2. The van der Waals surface area contributed by atoms with Gasteiger partial charge in [0.05, 0.1) is 43.2 Å². The summed E-state index contributed by atoms with van der Waals surface area (Å²) in [5, 5.41) is 25.3. The number of hydrogen-bond donors (Lipinski definition) is 3. The SMILES string of the molecule is CCCOC(=O)CC(Sc1nnc(SCc2cn(C(=O)Nc3cccc4c(O)c(C(=O)NCCCOc5ccc(C)cc5C)ccc34)cn2)s1)C(=O)OCCC. The molecule has 0 fully saturated rings. The summed E-state index contributed by atoms with van der Waals surface area (Å²) >= 11 is 3.75. The molecule has 0 spiro atoms. The number of nitrogens with zero attached hydrogens (tertiary/aromatic N) is 4. The van der Waals surface area contributed by atoms with Gasteiger partial charge in [-0.05, 0) is 56.9 Å². The van der Waals surface area contributed by atoms with Gasteiger partial charge in [-0.25, -0.2) is 9.78 Å². The highest BCUT2D eigenvalue weighted by Gasteiger charge is 2.27. The van der Waals surface area contributed by atoms with Crippen LogP contribution in [0.15, 0.2) is 69.7 Å². The van der Waals surface area contributed by atoms with Crippen LogP contribution in [0.4, 0.5) is 10.5 Å². The highest BCUT2D eigenvalue weighted by Crippen LogP contribution is 2.35. The Morgan fingerprint density at radius 3 is 2.52 bits per heavy atom. The zero-order valence-electron chi connectivity index (χ0n) is 31.5. The number of fused-ring (bicyclic) bond motifs is 1. The highest BCUT2D eigenvalue weighted by atomic mass is 32.2. The maximum atomic E-state index is 13.2. The van der Waals surface area contributed by atoms with E-state index < -0.39 is 29.1 Å². The fourth-order valence-electron chi connectivity index (χ4n) is 5.33. The lowest BCUT2D eigenvalue weighted by atomic mass is 10.0. The summed E-state index contributed by atoms with van der Waals surface area (Å²) in [6.07, 6.45) is 4.77. The van der Waals surface area contributed by atoms with Crippen LogP contribution in [0.25, 0.3) is 10.8 Å². The van der Waals surface area contributed by atoms with Crippen molar-refractivity contribution in [3.05, 3.63) is 83.4 Å². The minimum Gasteiger partial charge on any atom is -0.506 e. The van der Waals surface area contributed by atoms with Crippen molar-refractivity contribution < 1.29 is 38.5 Å². The first-order valence-electron chi connectivity index (χ1n) is 18.1. The van der Waals surface area contributed by atoms with E-state index in [4.69, 9.17) is 14.2 Å². The number of hydrogen-bond acceptors (Lipinski definition) is 14. The monoisotopic (exact) mass is 820 g/mol. The molecule has 2 aromatic heterocycles. The lowest BCUT2D eigenvalue weighted by Gasteiger charge is -2.13. The molecule has 3 N–H and O–H groups in total. The normalized spacial score (nSPS) is 11.6. The second-order valence-electron chi connectivity index (χ2n) is 12.6. The molecule has 0 saturated carbocycles. The number of phenolic OH excluding ortho intramolecular Hbond substituents is 1. The third kappa shape index (κ3) is 11.7. The Morgan fingerprint density at radius 1 is 0.946 bits per heavy atom. The second kappa shape index (κ2) is 20.7. The van der Waals surface area contributed by atoms with E-state index in [2.05, 4.69) is 31.9 Å². The van der Waals surface area contributed by atoms with Crippen LogP contribution in [0.1, 0.15) is 66.7 Å². The van der Waals surface area contributed by atoms with Crippen LogP contribution in [0, 0.1) is 13.8 Å². The number of anilines is 1. The molecule has 3 aromatic carbocycles. The third-order valence-electron chi connectivity index (χ3n) is 8.09. The molecule has 5 rings (SSSR count). The topological polar surface area (TPSA) is 184 Å². The van der Waals surface area contributed by atoms with Gasteiger partial charge in [0.25, 0.3) is 5.91 Å². The molecule has 17 heteroatoms. The molecule has 2 heterocycles. The van der Waals surface area contributed by atoms with Gasteiger partial charge >= 0.3 is 18.0 Å². The summed E-state index contributed by atoms with van der Waals surface area (Å²) in [4.78, 5) is 55.4. The number of amides is 2. The largest absolute Gasteiger partial charge is 0.506 e. The van der Waals surface area contributed by atoms with Crippen molar-refractivity contribution in [3.8, 4) is 11.5 Å². The fourth-order valence-corrected chi connectivity index (χ4v) is 8.46. The number of carbonyl (C=O) groups excluding carboxylic acids is 4. The van der Waals surface area contributed by atoms with Crippen molar-refractivity contribution in [2.45, 2.75) is 73.1 Å². The molecule has 1 unspecified atom stereocenters. The lowest BCUT2D eigenvalue weighted by Crippen LogP contribution is -2.25. The van der Waals surface area contributed by atoms with Gasteiger partial charge < -0.3 is 30.0 Å². The second-order valence-corrected chi connectivity index (χ2v) is 16.3. The summed E-state index contributed by atoms with van der Waals surface area (Å²) in [6.45, 7) is 9.12. The number of rotatable bonds is 19. The predicted octanol–water partition coefficient (Wildman–Crippen LogP) is 7.54. The quantitative estimate of drug-likeness (QED) is 0.0422. The number of imidazole rings is 1. The molecule has 0 radical (unpaired) electrons. The van der Waals surface area contributed by atoms with Crippen LogP contribution >= 0.6 is 34.9 Å². The van der Waals surface area contributed by atoms with Crippen LogP contribution in [0.2, 0.25) is 0 Å². The molecule has 0 bridgehead atoms. The van der Waals surface area contributed by atoms with E-state index in [1.165, 1.54) is 40.1 Å². The third-order valence-corrected chi connectivity index (χ3v) is 11.4. The number of ether oxygens (including phenoxy) is 3. The average Bonchev–Trinajstić information content (AvgIpc) is 3.86. The van der Waals surface area contributed by atoms with Crippen LogP contribution < -0.4 is 15.4 Å². The van der Waals surface area contributed by atoms with Gasteiger partial charge in [-0.3, -0.25) is 19.0 Å². The van der Waals surface area contributed by atoms with Crippen molar-refractivity contribution in [2.75, 3.05) is 31.7 Å². The lowest BCUT2D eigenvalue weighted by molar-refractivity contribution is -0.149. The van der Waals surface area contributed by atoms with Crippen LogP contribution in [-0.2, 0) is 24.8 Å². The number of aromatic hydroxyl groups is 1. The van der Waals surface area contributed by atoms with Crippen molar-refractivity contribution >= 4 is 75.2 Å². The minimum atomic E-state index is -0.811. The number of thioether (sulfide) groups is 2. The first-order valence-corrected chi connectivity index (χ1v) is 20.8. The first kappa shape index (κ1) is 42.0. The summed E-state index contributed by atoms with van der Waals surface area (Å²) in [5.41, 5.74) is 3.38. The van der Waals surface area contributed by atoms with Crippen molar-refractivity contribution in [1.82, 2.24) is 25.1 Å². The molecule has 2 amide bonds. The predicted molar refractivity (Wildman–Crippen MR) is 217 cm³/mol. The van der Waals surface area contributed by atoms with Crippen molar-refractivity contribution in [3.63, 3.8) is 0 Å². The number of phenols is 1. The van der Waals surface area contributed by atoms with E-state index in [9.17, 15) is 24.3 Å². The maximum Gasteiger partial charge on any atom is 0.331 e. The van der Waals surface area contributed by atoms with E-state index in [-0.39, 0.29) is 30.9 Å². The molecule has 0 aliphatic rings. The highest BCUT2D eigenvalue weighted by molar-refractivity contribution is 8.03. The van der Waals surface area contributed by atoms with E-state index in [1.54, 1.807) is 30.5 Å². The summed E-state index contributed by atoms with van der Waals surface area (Å²) in [5.74, 6) is -0.400. The Balaban J connectivity index is 1.13. The summed E-state index contributed by atoms with van der Waals surface area (Å²) < 4.78 is 18.7. The molecule has 296 valence electrons. The van der Waals surface area contributed by atoms with Crippen molar-refractivity contribution in [2.24, 2.45) is 0 Å². The maximum absolute atomic E-state index is 13.2. The van der Waals surface area contributed by atoms with Crippen molar-refractivity contribution in [1.29, 1.82) is 0 Å². The fraction of sp³-hybridized carbons (Fsp3) is 0.359. The van der Waals surface area contributed by atoms with Gasteiger partial charge in [-0.1, -0.05) is 84.6 Å². The van der Waals surface area contributed by atoms with Gasteiger partial charge in [-0.15, -0.1) is 10.2 Å². The molecule has 14 nitrogen and oxygen atoms in total. The summed E-state index contributed by atoms with van der Waals surface area (Å²) in [7, 11) is 0. The van der Waals surface area contributed by atoms with Gasteiger partial charge in [0.1, 0.15) is 23.1 Å². The Hall–Kier alpha value is -5.13. The van der Waals surface area contributed by atoms with Gasteiger partial charge in [0.15, 0.2) is 8.68 Å². The molecule has 1 atom stereocenters. The van der Waals surface area contributed by atoms with Crippen LogP contribution in [-0.4, -0.2) is 80.3 Å². The molecule has 0 aliphatic carbocycles. The average molecular weight is 821 g/mol. The summed E-state index contributed by atoms with van der Waals surface area (Å²) in [6, 6.07) is 13.8. The zero-order chi connectivity index (χ0) is 40.0. The van der Waals surface area contributed by atoms with Gasteiger partial charge in [-0.2, -0.15) is 0 Å². The molecule has 56 heavy (non-hydrogen) atoms. The van der Waals surface area contributed by atoms with Crippen LogP contribution in [0.5, 0.6) is 11.5 Å². The molecular formula is C39H44N6O8S3. The Morgan fingerprint density at radius 2 is 1.73 bits per heavy atom. The zero-order valence-corrected chi connectivity index (χ0v) is 34.0. The smallest absolute Gasteiger partial charge is 0.331 e. The number of esters is 2. The Labute approximate surface area is 337 Å². The number of benzene rings is 3. The Kier molecular flexibility index (Phi) is 15.5. The van der Waals surface area contributed by atoms with Gasteiger partial charge in [0, 0.05) is 29.3 Å². The number of nitrogens with one attached hydrogen (secondary N) is 2. The van der Waals surface area contributed by atoms with E-state index >= 15 is 0 Å². The number of aromatic nitrogens is 4. The van der Waals surface area contributed by atoms with E-state index in [0.717, 1.165) is 28.6 Å². The van der Waals surface area contributed by atoms with E-state index in [1.807, 2.05) is 39.8 Å². The van der Waals surface area contributed by atoms with E-state index in [0.29, 0.717) is 69.0 Å². The van der Waals surface area contributed by atoms with Gasteiger partial charge in [0.2, 0.25) is 0 Å². The molecule has 0 saturated heterocycles. The molecule has 5 aromatic rings. The minimum absolute atomic E-state index is 0.121. The number of carbonyl (C=O) groups is 4. The Bertz CT molecular complexity index is 2160. The molecule has 0 aliphatic heterocycles. The standard InChI is InChI=1S/C39H44N6O8S3/c1-5-16-52-33(46)20-32(36(49)53-17-6-2)55-39-44-43-38(56-39)54-22-26-21-45(23-41-26)37(50)42-30-10-7-9-28-27(30)12-13-29(34(28)47)35(48)40-15-8-18-51-31-14-11-24(3)19-25(31)4/h7,9-14,19,21,23,32,47H,5-6,8,15-18,20,22H2,1-4H3,(H,40,48)(H,42,50).